The molecular weight excluding hydrogens is 244 g/mol. The van der Waals surface area contributed by atoms with Crippen LogP contribution in [0, 0.1) is 5.92 Å². The monoisotopic (exact) mass is 262 g/mol. The van der Waals surface area contributed by atoms with Gasteiger partial charge in [-0.15, -0.1) is 0 Å². The Morgan fingerprint density at radius 2 is 2.11 bits per heavy atom. The molecule has 1 aromatic carbocycles. The predicted octanol–water partition coefficient (Wildman–Crippen LogP) is 1.08. The van der Waals surface area contributed by atoms with Gasteiger partial charge < -0.3 is 10.8 Å². The third-order valence-electron chi connectivity index (χ3n) is 3.55. The topological polar surface area (TPSA) is 83.6 Å². The molecule has 102 valence electrons. The standard InChI is InChI=1S/C14H18N2O3/c15-13(17)11-5-3-7-16(9-11)8-10-4-1-2-6-12(10)14(18)19/h1-2,4,6,11H,3,5,7-9H2,(H2,15,17)(H,18,19). The number of amides is 1. The van der Waals surface area contributed by atoms with Crippen LogP contribution in [-0.4, -0.2) is 35.0 Å². The van der Waals surface area contributed by atoms with Crippen LogP contribution in [0.5, 0.6) is 0 Å². The first-order valence-electron chi connectivity index (χ1n) is 6.41. The molecule has 1 saturated heterocycles. The van der Waals surface area contributed by atoms with Crippen LogP contribution in [-0.2, 0) is 11.3 Å². The van der Waals surface area contributed by atoms with Crippen molar-refractivity contribution >= 4 is 11.9 Å². The summed E-state index contributed by atoms with van der Waals surface area (Å²) in [6.07, 6.45) is 1.75. The minimum Gasteiger partial charge on any atom is -0.478 e. The molecule has 1 aliphatic rings. The Kier molecular flexibility index (Phi) is 4.16. The van der Waals surface area contributed by atoms with E-state index in [9.17, 15) is 9.59 Å². The average molecular weight is 262 g/mol. The van der Waals surface area contributed by atoms with Gasteiger partial charge in [-0.05, 0) is 31.0 Å². The van der Waals surface area contributed by atoms with E-state index in [0.717, 1.165) is 24.9 Å². The Balaban J connectivity index is 2.09. The molecule has 0 radical (unpaired) electrons. The van der Waals surface area contributed by atoms with Crippen LogP contribution in [0.25, 0.3) is 0 Å². The number of likely N-dealkylation sites (tertiary alicyclic amines) is 1. The largest absolute Gasteiger partial charge is 0.478 e. The minimum atomic E-state index is -0.918. The molecule has 0 aliphatic carbocycles. The summed E-state index contributed by atoms with van der Waals surface area (Å²) in [5, 5.41) is 9.14. The molecule has 0 bridgehead atoms. The van der Waals surface area contributed by atoms with Crippen molar-refractivity contribution in [1.82, 2.24) is 4.90 Å². The fourth-order valence-electron chi connectivity index (χ4n) is 2.54. The number of carboxylic acid groups (broad SMARTS) is 1. The van der Waals surface area contributed by atoms with E-state index in [-0.39, 0.29) is 11.8 Å². The highest BCUT2D eigenvalue weighted by atomic mass is 16.4. The number of hydrogen-bond donors (Lipinski definition) is 2. The molecule has 19 heavy (non-hydrogen) atoms. The number of nitrogens with two attached hydrogens (primary N) is 1. The molecule has 0 aromatic heterocycles. The highest BCUT2D eigenvalue weighted by Gasteiger charge is 2.24. The SMILES string of the molecule is NC(=O)C1CCCN(Cc2ccccc2C(=O)O)C1. The average Bonchev–Trinajstić information content (AvgIpc) is 2.39. The van der Waals surface area contributed by atoms with Gasteiger partial charge >= 0.3 is 5.97 Å². The summed E-state index contributed by atoms with van der Waals surface area (Å²) >= 11 is 0. The molecule has 5 nitrogen and oxygen atoms in total. The molecule has 0 spiro atoms. The maximum atomic E-state index is 11.2. The number of piperidine rings is 1. The van der Waals surface area contributed by atoms with Crippen molar-refractivity contribution in [3.8, 4) is 0 Å². The van der Waals surface area contributed by atoms with E-state index < -0.39 is 5.97 Å². The molecule has 1 heterocycles. The lowest BCUT2D eigenvalue weighted by Crippen LogP contribution is -2.40. The molecule has 5 heteroatoms. The van der Waals surface area contributed by atoms with Gasteiger partial charge in [-0.3, -0.25) is 9.69 Å². The molecule has 0 saturated carbocycles. The fraction of sp³-hybridized carbons (Fsp3) is 0.429. The fourth-order valence-corrected chi connectivity index (χ4v) is 2.54. The Labute approximate surface area is 112 Å². The normalized spacial score (nSPS) is 20.1. The predicted molar refractivity (Wildman–Crippen MR) is 70.6 cm³/mol. The summed E-state index contributed by atoms with van der Waals surface area (Å²) in [5.41, 5.74) is 6.44. The van der Waals surface area contributed by atoms with Gasteiger partial charge in [0.2, 0.25) is 5.91 Å². The lowest BCUT2D eigenvalue weighted by atomic mass is 9.96. The van der Waals surface area contributed by atoms with E-state index in [4.69, 9.17) is 10.8 Å². The lowest BCUT2D eigenvalue weighted by molar-refractivity contribution is -0.123. The van der Waals surface area contributed by atoms with E-state index in [2.05, 4.69) is 4.90 Å². The van der Waals surface area contributed by atoms with Crippen molar-refractivity contribution in [1.29, 1.82) is 0 Å². The van der Waals surface area contributed by atoms with Crippen LogP contribution in [0.15, 0.2) is 24.3 Å². The molecule has 1 unspecified atom stereocenters. The zero-order valence-electron chi connectivity index (χ0n) is 10.7. The van der Waals surface area contributed by atoms with Crippen LogP contribution in [0.1, 0.15) is 28.8 Å². The first kappa shape index (κ1) is 13.5. The highest BCUT2D eigenvalue weighted by molar-refractivity contribution is 5.89. The van der Waals surface area contributed by atoms with Crippen molar-refractivity contribution in [2.45, 2.75) is 19.4 Å². The number of carbonyl (C=O) groups is 2. The van der Waals surface area contributed by atoms with Crippen molar-refractivity contribution in [2.24, 2.45) is 11.7 Å². The van der Waals surface area contributed by atoms with Crippen molar-refractivity contribution in [3.05, 3.63) is 35.4 Å². The number of primary amides is 1. The number of rotatable bonds is 4. The van der Waals surface area contributed by atoms with Crippen LogP contribution in [0.3, 0.4) is 0 Å². The summed E-state index contributed by atoms with van der Waals surface area (Å²) in [7, 11) is 0. The molecule has 1 aromatic rings. The van der Waals surface area contributed by atoms with E-state index in [1.54, 1.807) is 12.1 Å². The second-order valence-corrected chi connectivity index (χ2v) is 4.94. The van der Waals surface area contributed by atoms with E-state index in [0.29, 0.717) is 18.7 Å². The van der Waals surface area contributed by atoms with Crippen LogP contribution in [0.4, 0.5) is 0 Å². The van der Waals surface area contributed by atoms with Gasteiger partial charge in [0.1, 0.15) is 0 Å². The lowest BCUT2D eigenvalue weighted by Gasteiger charge is -2.31. The van der Waals surface area contributed by atoms with E-state index in [1.165, 1.54) is 0 Å². The minimum absolute atomic E-state index is 0.120. The molecule has 1 amide bonds. The van der Waals surface area contributed by atoms with Gasteiger partial charge in [-0.1, -0.05) is 18.2 Å². The van der Waals surface area contributed by atoms with Gasteiger partial charge in [0, 0.05) is 13.1 Å². The summed E-state index contributed by atoms with van der Waals surface area (Å²) in [4.78, 5) is 24.5. The zero-order valence-corrected chi connectivity index (χ0v) is 10.7. The Morgan fingerprint density at radius 1 is 1.37 bits per heavy atom. The summed E-state index contributed by atoms with van der Waals surface area (Å²) in [6, 6.07) is 6.97. The Morgan fingerprint density at radius 3 is 2.79 bits per heavy atom. The van der Waals surface area contributed by atoms with Crippen molar-refractivity contribution in [3.63, 3.8) is 0 Å². The second-order valence-electron chi connectivity index (χ2n) is 4.94. The number of carbonyl (C=O) groups excluding carboxylic acids is 1. The van der Waals surface area contributed by atoms with Gasteiger partial charge in [-0.25, -0.2) is 4.79 Å². The van der Waals surface area contributed by atoms with Crippen LogP contribution in [0.2, 0.25) is 0 Å². The molecule has 1 aliphatic heterocycles. The number of aromatic carboxylic acids is 1. The van der Waals surface area contributed by atoms with Crippen molar-refractivity contribution in [2.75, 3.05) is 13.1 Å². The molecular formula is C14H18N2O3. The van der Waals surface area contributed by atoms with E-state index in [1.807, 2.05) is 12.1 Å². The third-order valence-corrected chi connectivity index (χ3v) is 3.55. The first-order chi connectivity index (χ1) is 9.08. The molecule has 1 fully saturated rings. The van der Waals surface area contributed by atoms with Gasteiger partial charge in [0.05, 0.1) is 11.5 Å². The van der Waals surface area contributed by atoms with E-state index >= 15 is 0 Å². The summed E-state index contributed by atoms with van der Waals surface area (Å²) in [5.74, 6) is -1.30. The van der Waals surface area contributed by atoms with Crippen LogP contribution < -0.4 is 5.73 Å². The second kappa shape index (κ2) is 5.84. The van der Waals surface area contributed by atoms with Crippen LogP contribution >= 0.6 is 0 Å². The maximum absolute atomic E-state index is 11.2. The summed E-state index contributed by atoms with van der Waals surface area (Å²) < 4.78 is 0. The quantitative estimate of drug-likeness (QED) is 0.850. The zero-order chi connectivity index (χ0) is 13.8. The maximum Gasteiger partial charge on any atom is 0.336 e. The number of hydrogen-bond acceptors (Lipinski definition) is 3. The number of nitrogens with zero attached hydrogens (tertiary/aromatic N) is 1. The first-order valence-corrected chi connectivity index (χ1v) is 6.41. The van der Waals surface area contributed by atoms with Gasteiger partial charge in [0.15, 0.2) is 0 Å². The summed E-state index contributed by atoms with van der Waals surface area (Å²) in [6.45, 7) is 2.03. The van der Waals surface area contributed by atoms with Crippen molar-refractivity contribution < 1.29 is 14.7 Å². The molecule has 3 N–H and O–H groups in total. The van der Waals surface area contributed by atoms with Gasteiger partial charge in [-0.2, -0.15) is 0 Å². The highest BCUT2D eigenvalue weighted by Crippen LogP contribution is 2.19. The number of benzene rings is 1. The molecule has 2 rings (SSSR count). The Bertz CT molecular complexity index is 487. The number of carboxylic acids is 1. The van der Waals surface area contributed by atoms with Gasteiger partial charge in [0.25, 0.3) is 0 Å². The smallest absolute Gasteiger partial charge is 0.336 e. The molecule has 1 atom stereocenters. The third kappa shape index (κ3) is 3.32. The Hall–Kier alpha value is -1.88.